The summed E-state index contributed by atoms with van der Waals surface area (Å²) in [5.41, 5.74) is 4.45. The third kappa shape index (κ3) is 5.47. The van der Waals surface area contributed by atoms with Crippen LogP contribution in [0.25, 0.3) is 0 Å². The molecule has 1 saturated heterocycles. The smallest absolute Gasteiger partial charge is 0.410 e. The van der Waals surface area contributed by atoms with Gasteiger partial charge in [-0.25, -0.2) is 4.79 Å². The van der Waals surface area contributed by atoms with E-state index in [0.717, 1.165) is 36.4 Å². The van der Waals surface area contributed by atoms with E-state index in [1.54, 1.807) is 0 Å². The van der Waals surface area contributed by atoms with Gasteiger partial charge in [-0.15, -0.1) is 5.10 Å². The van der Waals surface area contributed by atoms with Crippen molar-refractivity contribution in [1.82, 2.24) is 20.0 Å². The topological polar surface area (TPSA) is 104 Å². The van der Waals surface area contributed by atoms with Crippen LogP contribution in [0.15, 0.2) is 16.5 Å². The van der Waals surface area contributed by atoms with Gasteiger partial charge in [0, 0.05) is 43.8 Å². The summed E-state index contributed by atoms with van der Waals surface area (Å²) >= 11 is 0. The standard InChI is InChI=1S/C24H35N5O4/c1-14(2)32-24(31)29-7-6-28(12-16(29)4)13-19-8-15(3)9-21(17(19)5)25-23-27-26-22(33-23)18-10-20(30)11-18/h8-9,14,16,18,20,30H,6-7,10-13H2,1-5H3,(H,25,27)/t16-,18?,20?/m0/s1. The van der Waals surface area contributed by atoms with Crippen molar-refractivity contribution in [3.8, 4) is 0 Å². The Morgan fingerprint density at radius 1 is 1.27 bits per heavy atom. The van der Waals surface area contributed by atoms with Gasteiger partial charge in [-0.2, -0.15) is 0 Å². The second-order valence-electron chi connectivity index (χ2n) is 9.70. The molecule has 9 nitrogen and oxygen atoms in total. The summed E-state index contributed by atoms with van der Waals surface area (Å²) in [5.74, 6) is 0.729. The van der Waals surface area contributed by atoms with Crippen molar-refractivity contribution in [2.24, 2.45) is 0 Å². The number of amides is 1. The number of nitrogens with one attached hydrogen (secondary N) is 1. The predicted molar refractivity (Wildman–Crippen MR) is 125 cm³/mol. The highest BCUT2D eigenvalue weighted by Gasteiger charge is 2.33. The normalized spacial score (nSPS) is 23.5. The molecular weight excluding hydrogens is 422 g/mol. The molecule has 0 unspecified atom stereocenters. The molecule has 0 radical (unpaired) electrons. The van der Waals surface area contributed by atoms with Gasteiger partial charge in [-0.3, -0.25) is 4.90 Å². The molecule has 4 rings (SSSR count). The summed E-state index contributed by atoms with van der Waals surface area (Å²) in [7, 11) is 0. The zero-order valence-corrected chi connectivity index (χ0v) is 20.2. The fourth-order valence-electron chi connectivity index (χ4n) is 4.54. The number of anilines is 2. The number of rotatable bonds is 6. The summed E-state index contributed by atoms with van der Waals surface area (Å²) in [6, 6.07) is 4.75. The minimum atomic E-state index is -0.259. The van der Waals surface area contributed by atoms with Crippen LogP contribution >= 0.6 is 0 Å². The number of piperazine rings is 1. The Bertz CT molecular complexity index is 985. The van der Waals surface area contributed by atoms with Crippen LogP contribution in [0, 0.1) is 13.8 Å². The van der Waals surface area contributed by atoms with E-state index in [-0.39, 0.29) is 30.3 Å². The SMILES string of the molecule is Cc1cc(CN2CCN(C(=O)OC(C)C)[C@@H](C)C2)c(C)c(Nc2nnc(C3CC(O)C3)o2)c1. The zero-order chi connectivity index (χ0) is 23.7. The van der Waals surface area contributed by atoms with Crippen LogP contribution in [0.2, 0.25) is 0 Å². The monoisotopic (exact) mass is 457 g/mol. The summed E-state index contributed by atoms with van der Waals surface area (Å²) < 4.78 is 11.2. The van der Waals surface area contributed by atoms with E-state index >= 15 is 0 Å². The second-order valence-corrected chi connectivity index (χ2v) is 9.70. The maximum absolute atomic E-state index is 12.3. The molecule has 2 aliphatic rings. The van der Waals surface area contributed by atoms with Crippen molar-refractivity contribution in [3.63, 3.8) is 0 Å². The van der Waals surface area contributed by atoms with Gasteiger partial charge in [-0.1, -0.05) is 11.2 Å². The first-order valence-electron chi connectivity index (χ1n) is 11.8. The molecule has 1 amide bonds. The summed E-state index contributed by atoms with van der Waals surface area (Å²) in [4.78, 5) is 16.5. The largest absolute Gasteiger partial charge is 0.447 e. The fraction of sp³-hybridized carbons (Fsp3) is 0.625. The molecule has 1 aromatic heterocycles. The highest BCUT2D eigenvalue weighted by atomic mass is 16.6. The van der Waals surface area contributed by atoms with E-state index in [9.17, 15) is 9.90 Å². The first-order valence-corrected chi connectivity index (χ1v) is 11.8. The van der Waals surface area contributed by atoms with Crippen molar-refractivity contribution in [2.75, 3.05) is 25.0 Å². The number of aryl methyl sites for hydroxylation is 1. The highest BCUT2D eigenvalue weighted by molar-refractivity contribution is 5.68. The lowest BCUT2D eigenvalue weighted by molar-refractivity contribution is 0.0349. The molecule has 1 saturated carbocycles. The van der Waals surface area contributed by atoms with E-state index < -0.39 is 0 Å². The van der Waals surface area contributed by atoms with Gasteiger partial charge in [0.25, 0.3) is 0 Å². The van der Waals surface area contributed by atoms with E-state index in [1.807, 2.05) is 18.7 Å². The summed E-state index contributed by atoms with van der Waals surface area (Å²) in [6.07, 6.45) is 0.751. The Morgan fingerprint density at radius 3 is 2.70 bits per heavy atom. The summed E-state index contributed by atoms with van der Waals surface area (Å²) in [5, 5.41) is 21.1. The number of aliphatic hydroxyl groups excluding tert-OH is 1. The molecule has 1 atom stereocenters. The Balaban J connectivity index is 1.41. The summed E-state index contributed by atoms with van der Waals surface area (Å²) in [6.45, 7) is 13.0. The second kappa shape index (κ2) is 9.69. The predicted octanol–water partition coefficient (Wildman–Crippen LogP) is 3.72. The molecule has 2 fully saturated rings. The highest BCUT2D eigenvalue weighted by Crippen LogP contribution is 2.37. The van der Waals surface area contributed by atoms with E-state index in [4.69, 9.17) is 9.15 Å². The first-order chi connectivity index (χ1) is 15.7. The number of carbonyl (C=O) groups excluding carboxylic acids is 1. The number of aromatic nitrogens is 2. The average molecular weight is 458 g/mol. The Kier molecular flexibility index (Phi) is 6.90. The first kappa shape index (κ1) is 23.5. The lowest BCUT2D eigenvalue weighted by Gasteiger charge is -2.39. The Labute approximate surface area is 195 Å². The quantitative estimate of drug-likeness (QED) is 0.676. The number of benzene rings is 1. The number of aliphatic hydroxyl groups is 1. The van der Waals surface area contributed by atoms with Crippen molar-refractivity contribution < 1.29 is 19.1 Å². The lowest BCUT2D eigenvalue weighted by atomic mass is 9.82. The molecule has 33 heavy (non-hydrogen) atoms. The van der Waals surface area contributed by atoms with Crippen LogP contribution in [0.1, 0.15) is 62.1 Å². The van der Waals surface area contributed by atoms with Crippen LogP contribution in [0.5, 0.6) is 0 Å². The molecule has 1 aromatic carbocycles. The van der Waals surface area contributed by atoms with E-state index in [0.29, 0.717) is 31.3 Å². The Hall–Kier alpha value is -2.65. The van der Waals surface area contributed by atoms with Crippen LogP contribution in [0.3, 0.4) is 0 Å². The Morgan fingerprint density at radius 2 is 2.03 bits per heavy atom. The van der Waals surface area contributed by atoms with Crippen LogP contribution in [0.4, 0.5) is 16.5 Å². The molecule has 2 N–H and O–H groups in total. The molecule has 0 spiro atoms. The lowest BCUT2D eigenvalue weighted by Crippen LogP contribution is -2.54. The van der Waals surface area contributed by atoms with Gasteiger partial charge >= 0.3 is 12.1 Å². The minimum absolute atomic E-state index is 0.0922. The van der Waals surface area contributed by atoms with Crippen LogP contribution in [-0.4, -0.2) is 69.1 Å². The molecule has 180 valence electrons. The number of ether oxygens (including phenoxy) is 1. The van der Waals surface area contributed by atoms with Crippen molar-refractivity contribution in [3.05, 3.63) is 34.7 Å². The molecule has 0 bridgehead atoms. The fourth-order valence-corrected chi connectivity index (χ4v) is 4.54. The van der Waals surface area contributed by atoms with Crippen molar-refractivity contribution in [2.45, 2.75) is 78.2 Å². The number of hydrogen-bond acceptors (Lipinski definition) is 8. The third-order valence-electron chi connectivity index (χ3n) is 6.48. The number of carbonyl (C=O) groups is 1. The number of nitrogens with zero attached hydrogens (tertiary/aromatic N) is 4. The molecule has 2 heterocycles. The van der Waals surface area contributed by atoms with E-state index in [1.165, 1.54) is 5.56 Å². The third-order valence-corrected chi connectivity index (χ3v) is 6.48. The maximum Gasteiger partial charge on any atom is 0.410 e. The van der Waals surface area contributed by atoms with E-state index in [2.05, 4.69) is 53.3 Å². The van der Waals surface area contributed by atoms with Gasteiger partial charge in [0.1, 0.15) is 0 Å². The zero-order valence-electron chi connectivity index (χ0n) is 20.2. The molecule has 1 aliphatic carbocycles. The van der Waals surface area contributed by atoms with Crippen molar-refractivity contribution in [1.29, 1.82) is 0 Å². The van der Waals surface area contributed by atoms with Crippen LogP contribution < -0.4 is 5.32 Å². The average Bonchev–Trinajstić information content (AvgIpc) is 3.16. The molecule has 1 aliphatic heterocycles. The minimum Gasteiger partial charge on any atom is -0.447 e. The van der Waals surface area contributed by atoms with Gasteiger partial charge < -0.3 is 24.5 Å². The number of hydrogen-bond donors (Lipinski definition) is 2. The maximum atomic E-state index is 12.3. The van der Waals surface area contributed by atoms with Gasteiger partial charge in [-0.05, 0) is 70.2 Å². The van der Waals surface area contributed by atoms with Gasteiger partial charge in [0.05, 0.1) is 12.2 Å². The molecule has 2 aromatic rings. The van der Waals surface area contributed by atoms with Gasteiger partial charge in [0.15, 0.2) is 0 Å². The molecule has 9 heteroatoms. The molecular formula is C24H35N5O4. The van der Waals surface area contributed by atoms with Crippen molar-refractivity contribution >= 4 is 17.8 Å². The van der Waals surface area contributed by atoms with Crippen LogP contribution in [-0.2, 0) is 11.3 Å². The van der Waals surface area contributed by atoms with Gasteiger partial charge in [0.2, 0.25) is 5.89 Å².